The lowest BCUT2D eigenvalue weighted by molar-refractivity contribution is -0.131. The number of nitrogens with zero attached hydrogens (tertiary/aromatic N) is 2. The van der Waals surface area contributed by atoms with Crippen molar-refractivity contribution in [3.63, 3.8) is 0 Å². The number of rotatable bonds is 5. The molecule has 1 aliphatic heterocycles. The number of amides is 1. The molecule has 1 saturated heterocycles. The number of para-hydroxylation sites is 1. The summed E-state index contributed by atoms with van der Waals surface area (Å²) in [6, 6.07) is 12.3. The third-order valence-electron chi connectivity index (χ3n) is 4.56. The van der Waals surface area contributed by atoms with Crippen LogP contribution in [0.15, 0.2) is 53.4 Å². The Bertz CT molecular complexity index is 925. The Labute approximate surface area is 158 Å². The molecule has 1 amide bonds. The Morgan fingerprint density at radius 2 is 1.78 bits per heavy atom. The maximum absolute atomic E-state index is 13.4. The highest BCUT2D eigenvalue weighted by Gasteiger charge is 2.30. The Balaban J connectivity index is 1.64. The van der Waals surface area contributed by atoms with Crippen molar-refractivity contribution >= 4 is 15.9 Å². The van der Waals surface area contributed by atoms with E-state index >= 15 is 0 Å². The molecule has 3 rings (SSSR count). The summed E-state index contributed by atoms with van der Waals surface area (Å²) in [5, 5.41) is 0. The fraction of sp³-hybridized carbons (Fsp3) is 0.316. The number of sulfonamides is 1. The highest BCUT2D eigenvalue weighted by Crippen LogP contribution is 2.21. The first-order valence-electron chi connectivity index (χ1n) is 8.57. The molecule has 0 aromatic heterocycles. The van der Waals surface area contributed by atoms with Crippen LogP contribution in [-0.4, -0.2) is 56.8 Å². The van der Waals surface area contributed by atoms with E-state index in [9.17, 15) is 17.6 Å². The third kappa shape index (κ3) is 4.28. The number of piperazine rings is 1. The topological polar surface area (TPSA) is 66.9 Å². The number of hydrogen-bond donors (Lipinski definition) is 0. The number of hydrogen-bond acceptors (Lipinski definition) is 4. The van der Waals surface area contributed by atoms with Crippen molar-refractivity contribution < 1.29 is 22.3 Å². The summed E-state index contributed by atoms with van der Waals surface area (Å²) in [5.41, 5.74) is 0.791. The first-order valence-corrected chi connectivity index (χ1v) is 10.0. The molecule has 0 spiro atoms. The second-order valence-electron chi connectivity index (χ2n) is 6.23. The molecule has 8 heteroatoms. The number of methoxy groups -OCH3 is 1. The molecule has 6 nitrogen and oxygen atoms in total. The lowest BCUT2D eigenvalue weighted by Gasteiger charge is -2.34. The summed E-state index contributed by atoms with van der Waals surface area (Å²) < 4.78 is 45.2. The van der Waals surface area contributed by atoms with Gasteiger partial charge in [-0.2, -0.15) is 4.31 Å². The monoisotopic (exact) mass is 392 g/mol. The highest BCUT2D eigenvalue weighted by atomic mass is 32.2. The summed E-state index contributed by atoms with van der Waals surface area (Å²) in [4.78, 5) is 14.1. The molecule has 0 bridgehead atoms. The molecule has 0 radical (unpaired) electrons. The molecular weight excluding hydrogens is 371 g/mol. The zero-order chi connectivity index (χ0) is 19.4. The van der Waals surface area contributed by atoms with Crippen LogP contribution in [0.2, 0.25) is 0 Å². The van der Waals surface area contributed by atoms with Gasteiger partial charge in [0.15, 0.2) is 0 Å². The lowest BCUT2D eigenvalue weighted by atomic mass is 10.1. The van der Waals surface area contributed by atoms with Crippen molar-refractivity contribution in [1.82, 2.24) is 9.21 Å². The van der Waals surface area contributed by atoms with Gasteiger partial charge >= 0.3 is 0 Å². The average Bonchev–Trinajstić information content (AvgIpc) is 2.68. The minimum Gasteiger partial charge on any atom is -0.496 e. The highest BCUT2D eigenvalue weighted by molar-refractivity contribution is 7.89. The van der Waals surface area contributed by atoms with Crippen molar-refractivity contribution in [3.8, 4) is 5.75 Å². The van der Waals surface area contributed by atoms with Gasteiger partial charge < -0.3 is 9.64 Å². The molecule has 1 aliphatic rings. The minimum atomic E-state index is -3.77. The molecule has 0 unspecified atom stereocenters. The van der Waals surface area contributed by atoms with Crippen LogP contribution < -0.4 is 4.74 Å². The van der Waals surface area contributed by atoms with Crippen LogP contribution in [-0.2, 0) is 21.2 Å². The van der Waals surface area contributed by atoms with E-state index in [1.54, 1.807) is 18.1 Å². The van der Waals surface area contributed by atoms with E-state index in [0.29, 0.717) is 18.8 Å². The standard InChI is InChI=1S/C19H21FN2O4S/c1-26-18-8-3-2-5-15(18)13-19(23)21-9-11-22(12-10-21)27(24,25)17-7-4-6-16(20)14-17/h2-8,14H,9-13H2,1H3. The quantitative estimate of drug-likeness (QED) is 0.780. The summed E-state index contributed by atoms with van der Waals surface area (Å²) in [6.45, 7) is 0.943. The van der Waals surface area contributed by atoms with Crippen molar-refractivity contribution in [2.75, 3.05) is 33.3 Å². The van der Waals surface area contributed by atoms with Gasteiger partial charge in [0.1, 0.15) is 11.6 Å². The van der Waals surface area contributed by atoms with Gasteiger partial charge in [0.25, 0.3) is 0 Å². The van der Waals surface area contributed by atoms with Crippen molar-refractivity contribution in [2.45, 2.75) is 11.3 Å². The third-order valence-corrected chi connectivity index (χ3v) is 6.45. The fourth-order valence-corrected chi connectivity index (χ4v) is 4.53. The van der Waals surface area contributed by atoms with Gasteiger partial charge in [-0.1, -0.05) is 24.3 Å². The van der Waals surface area contributed by atoms with Crippen LogP contribution in [0, 0.1) is 5.82 Å². The van der Waals surface area contributed by atoms with E-state index in [-0.39, 0.29) is 30.3 Å². The number of carbonyl (C=O) groups is 1. The summed E-state index contributed by atoms with van der Waals surface area (Å²) in [7, 11) is -2.21. The van der Waals surface area contributed by atoms with Crippen LogP contribution in [0.1, 0.15) is 5.56 Å². The molecule has 2 aromatic rings. The van der Waals surface area contributed by atoms with Gasteiger partial charge in [0.2, 0.25) is 15.9 Å². The Kier molecular flexibility index (Phi) is 5.76. The number of benzene rings is 2. The molecule has 144 valence electrons. The average molecular weight is 392 g/mol. The predicted octanol–water partition coefficient (Wildman–Crippen LogP) is 1.91. The van der Waals surface area contributed by atoms with E-state index in [2.05, 4.69) is 0 Å². The molecule has 0 atom stereocenters. The minimum absolute atomic E-state index is 0.0729. The zero-order valence-electron chi connectivity index (χ0n) is 15.0. The van der Waals surface area contributed by atoms with Crippen LogP contribution in [0.5, 0.6) is 5.75 Å². The van der Waals surface area contributed by atoms with E-state index in [1.165, 1.54) is 22.5 Å². The fourth-order valence-electron chi connectivity index (χ4n) is 3.08. The van der Waals surface area contributed by atoms with Crippen molar-refractivity contribution in [3.05, 3.63) is 59.9 Å². The van der Waals surface area contributed by atoms with Gasteiger partial charge in [-0.25, -0.2) is 12.8 Å². The van der Waals surface area contributed by atoms with E-state index < -0.39 is 15.8 Å². The number of carbonyl (C=O) groups excluding carboxylic acids is 1. The first-order chi connectivity index (χ1) is 12.9. The van der Waals surface area contributed by atoms with Gasteiger partial charge in [-0.05, 0) is 24.3 Å². The molecule has 2 aromatic carbocycles. The largest absolute Gasteiger partial charge is 0.496 e. The smallest absolute Gasteiger partial charge is 0.243 e. The SMILES string of the molecule is COc1ccccc1CC(=O)N1CCN(S(=O)(=O)c2cccc(F)c2)CC1. The summed E-state index contributed by atoms with van der Waals surface area (Å²) >= 11 is 0. The molecule has 0 aliphatic carbocycles. The van der Waals surface area contributed by atoms with Gasteiger partial charge in [0, 0.05) is 31.7 Å². The lowest BCUT2D eigenvalue weighted by Crippen LogP contribution is -2.50. The first kappa shape index (κ1) is 19.3. The van der Waals surface area contributed by atoms with E-state index in [1.807, 2.05) is 18.2 Å². The van der Waals surface area contributed by atoms with Crippen LogP contribution in [0.25, 0.3) is 0 Å². The molecular formula is C19H21FN2O4S. The van der Waals surface area contributed by atoms with Crippen LogP contribution in [0.4, 0.5) is 4.39 Å². The maximum atomic E-state index is 13.4. The van der Waals surface area contributed by atoms with Crippen LogP contribution in [0.3, 0.4) is 0 Å². The summed E-state index contributed by atoms with van der Waals surface area (Å²) in [5.74, 6) is -0.0258. The summed E-state index contributed by atoms with van der Waals surface area (Å²) in [6.07, 6.45) is 0.195. The normalized spacial score (nSPS) is 15.6. The van der Waals surface area contributed by atoms with E-state index in [0.717, 1.165) is 11.6 Å². The molecule has 27 heavy (non-hydrogen) atoms. The van der Waals surface area contributed by atoms with Gasteiger partial charge in [-0.3, -0.25) is 4.79 Å². The van der Waals surface area contributed by atoms with Gasteiger partial charge in [0.05, 0.1) is 18.4 Å². The van der Waals surface area contributed by atoms with Crippen molar-refractivity contribution in [2.24, 2.45) is 0 Å². The predicted molar refractivity (Wildman–Crippen MR) is 98.4 cm³/mol. The number of halogens is 1. The number of ether oxygens (including phenoxy) is 1. The van der Waals surface area contributed by atoms with Crippen LogP contribution >= 0.6 is 0 Å². The van der Waals surface area contributed by atoms with Crippen molar-refractivity contribution in [1.29, 1.82) is 0 Å². The molecule has 1 fully saturated rings. The van der Waals surface area contributed by atoms with Gasteiger partial charge in [-0.15, -0.1) is 0 Å². The molecule has 0 N–H and O–H groups in total. The molecule has 0 saturated carbocycles. The Morgan fingerprint density at radius 1 is 1.07 bits per heavy atom. The Hall–Kier alpha value is -2.45. The second kappa shape index (κ2) is 8.06. The molecule has 1 heterocycles. The zero-order valence-corrected chi connectivity index (χ0v) is 15.8. The van der Waals surface area contributed by atoms with E-state index in [4.69, 9.17) is 4.74 Å². The second-order valence-corrected chi connectivity index (χ2v) is 8.17. The Morgan fingerprint density at radius 3 is 2.44 bits per heavy atom. The maximum Gasteiger partial charge on any atom is 0.243 e.